The zero-order valence-corrected chi connectivity index (χ0v) is 24.1. The van der Waals surface area contributed by atoms with Gasteiger partial charge in [0.15, 0.2) is 0 Å². The Hall–Kier alpha value is -3.29. The Kier molecular flexibility index (Phi) is 10.8. The number of carbonyl (C=O) groups excluding carboxylic acids is 2. The number of thiazole rings is 1. The Balaban J connectivity index is 1.67. The average molecular weight is 598 g/mol. The molecule has 1 fully saturated rings. The maximum atomic E-state index is 13.1. The third-order valence-electron chi connectivity index (χ3n) is 5.95. The summed E-state index contributed by atoms with van der Waals surface area (Å²) in [5, 5.41) is 5.07. The molecule has 1 atom stereocenters. The monoisotopic (exact) mass is 597 g/mol. The van der Waals surface area contributed by atoms with Crippen molar-refractivity contribution in [2.45, 2.75) is 39.4 Å². The van der Waals surface area contributed by atoms with Crippen molar-refractivity contribution in [3.05, 3.63) is 62.9 Å². The number of anilines is 1. The first kappa shape index (κ1) is 31.2. The van der Waals surface area contributed by atoms with Gasteiger partial charge >= 0.3 is 6.18 Å². The highest BCUT2D eigenvalue weighted by molar-refractivity contribution is 7.13. The van der Waals surface area contributed by atoms with E-state index in [9.17, 15) is 22.8 Å². The van der Waals surface area contributed by atoms with E-state index in [1.807, 2.05) is 13.0 Å². The second-order valence-corrected chi connectivity index (χ2v) is 10.6. The van der Waals surface area contributed by atoms with E-state index in [1.54, 1.807) is 26.1 Å². The zero-order chi connectivity index (χ0) is 29.4. The second kappa shape index (κ2) is 13.9. The van der Waals surface area contributed by atoms with E-state index in [-0.39, 0.29) is 16.6 Å². The van der Waals surface area contributed by atoms with E-state index in [0.29, 0.717) is 22.5 Å². The van der Waals surface area contributed by atoms with Gasteiger partial charge in [-0.25, -0.2) is 15.0 Å². The quantitative estimate of drug-likeness (QED) is 0.248. The van der Waals surface area contributed by atoms with E-state index >= 15 is 0 Å². The Morgan fingerprint density at radius 3 is 2.58 bits per heavy atom. The van der Waals surface area contributed by atoms with E-state index in [0.717, 1.165) is 50.1 Å². The van der Waals surface area contributed by atoms with Gasteiger partial charge in [0.25, 0.3) is 5.91 Å². The van der Waals surface area contributed by atoms with Crippen LogP contribution in [0.1, 0.15) is 53.5 Å². The van der Waals surface area contributed by atoms with Crippen molar-refractivity contribution < 1.29 is 22.8 Å². The van der Waals surface area contributed by atoms with E-state index < -0.39 is 28.7 Å². The number of aliphatic imine (C=N–C) groups is 1. The minimum atomic E-state index is -4.69. The Morgan fingerprint density at radius 2 is 1.93 bits per heavy atom. The van der Waals surface area contributed by atoms with Crippen LogP contribution in [0.4, 0.5) is 19.0 Å². The number of nitrogens with zero attached hydrogens (tertiary/aromatic N) is 5. The van der Waals surface area contributed by atoms with Gasteiger partial charge in [-0.2, -0.15) is 13.2 Å². The molecular weight excluding hydrogens is 567 g/mol. The molecule has 1 aliphatic heterocycles. The summed E-state index contributed by atoms with van der Waals surface area (Å²) in [6.07, 6.45) is 3.70. The molecule has 3 rings (SSSR count). The lowest BCUT2D eigenvalue weighted by molar-refractivity contribution is -0.137. The number of carbonyl (C=O) groups is 2. The van der Waals surface area contributed by atoms with Gasteiger partial charge in [0.2, 0.25) is 5.91 Å². The molecule has 1 saturated heterocycles. The van der Waals surface area contributed by atoms with Crippen LogP contribution in [-0.4, -0.2) is 70.6 Å². The molecule has 2 N–H and O–H groups in total. The lowest BCUT2D eigenvalue weighted by Gasteiger charge is -2.33. The third-order valence-corrected chi connectivity index (χ3v) is 7.43. The molecule has 0 bridgehead atoms. The molecule has 14 heteroatoms. The molecule has 2 aromatic rings. The van der Waals surface area contributed by atoms with Gasteiger partial charge in [-0.1, -0.05) is 24.6 Å². The molecule has 0 radical (unpaired) electrons. The third kappa shape index (κ3) is 8.60. The molecule has 0 saturated carbocycles. The maximum Gasteiger partial charge on any atom is 0.418 e. The highest BCUT2D eigenvalue weighted by atomic mass is 35.5. The number of piperazine rings is 1. The number of pyridine rings is 1. The first-order valence-electron chi connectivity index (χ1n) is 12.5. The topological polar surface area (TPSA) is 103 Å². The maximum absolute atomic E-state index is 13.1. The molecule has 0 aliphatic carbocycles. The lowest BCUT2D eigenvalue weighted by atomic mass is 10.2. The van der Waals surface area contributed by atoms with E-state index in [2.05, 4.69) is 42.4 Å². The van der Waals surface area contributed by atoms with Crippen LogP contribution in [0.3, 0.4) is 0 Å². The standard InChI is InChI=1S/C26H31ClF3N7O2S/c1-5-6-7-31-22(37-10-8-36(4)9-11-37)12-16(2)23(38)34-17(3)25-33-15-20(40-25)24(39)35-21-13-18(26(28,29)30)19(27)14-32-21/h6-7,12-15,17H,5,8-11H2,1-4H3,(H,34,38)(H,32,35,39)/b7-6+,16-12+,31-22-. The minimum Gasteiger partial charge on any atom is -0.354 e. The molecular formula is C26H31ClF3N7O2S. The van der Waals surface area contributed by atoms with Crippen LogP contribution < -0.4 is 10.6 Å². The highest BCUT2D eigenvalue weighted by Crippen LogP contribution is 2.35. The molecule has 1 unspecified atom stereocenters. The van der Waals surface area contributed by atoms with Gasteiger partial charge < -0.3 is 20.4 Å². The fraction of sp³-hybridized carbons (Fsp3) is 0.423. The van der Waals surface area contributed by atoms with Crippen LogP contribution in [-0.2, 0) is 11.0 Å². The average Bonchev–Trinajstić information content (AvgIpc) is 3.40. The summed E-state index contributed by atoms with van der Waals surface area (Å²) >= 11 is 6.59. The first-order valence-corrected chi connectivity index (χ1v) is 13.7. The van der Waals surface area contributed by atoms with E-state index in [4.69, 9.17) is 11.6 Å². The number of aromatic nitrogens is 2. The van der Waals surface area contributed by atoms with Crippen molar-refractivity contribution >= 4 is 46.4 Å². The fourth-order valence-electron chi connectivity index (χ4n) is 3.61. The molecule has 0 aromatic carbocycles. The number of hydrogen-bond acceptors (Lipinski definition) is 7. The predicted octanol–water partition coefficient (Wildman–Crippen LogP) is 5.16. The van der Waals surface area contributed by atoms with Crippen LogP contribution in [0.15, 0.2) is 47.4 Å². The van der Waals surface area contributed by atoms with Crippen LogP contribution >= 0.6 is 22.9 Å². The summed E-state index contributed by atoms with van der Waals surface area (Å²) in [6, 6.07) is 0.134. The molecule has 2 amide bonds. The summed E-state index contributed by atoms with van der Waals surface area (Å²) in [7, 11) is 2.06. The molecule has 40 heavy (non-hydrogen) atoms. The number of alkyl halides is 3. The summed E-state index contributed by atoms with van der Waals surface area (Å²) in [5.41, 5.74) is -0.648. The Morgan fingerprint density at radius 1 is 1.23 bits per heavy atom. The largest absolute Gasteiger partial charge is 0.418 e. The molecule has 3 heterocycles. The van der Waals surface area contributed by atoms with Gasteiger partial charge in [-0.15, -0.1) is 11.3 Å². The summed E-state index contributed by atoms with van der Waals surface area (Å²) in [5.74, 6) is -0.601. The SMILES string of the molecule is CC/C=C/N=C(/C=C(\C)C(=O)NC(C)c1ncc(C(=O)Nc2cc(C(F)(F)F)c(Cl)cn2)s1)N1CCN(C)CC1. The van der Waals surface area contributed by atoms with Crippen LogP contribution in [0.2, 0.25) is 5.02 Å². The summed E-state index contributed by atoms with van der Waals surface area (Å²) in [4.78, 5) is 42.6. The van der Waals surface area contributed by atoms with Gasteiger partial charge in [0.05, 0.1) is 22.8 Å². The Bertz CT molecular complexity index is 1300. The van der Waals surface area contributed by atoms with Crippen molar-refractivity contribution in [1.29, 1.82) is 0 Å². The van der Waals surface area contributed by atoms with Gasteiger partial charge in [0.1, 0.15) is 21.5 Å². The number of amides is 2. The molecule has 9 nitrogen and oxygen atoms in total. The fourth-order valence-corrected chi connectivity index (χ4v) is 4.63. The van der Waals surface area contributed by atoms with Crippen LogP contribution in [0.25, 0.3) is 0 Å². The predicted molar refractivity (Wildman–Crippen MR) is 151 cm³/mol. The number of hydrogen-bond donors (Lipinski definition) is 2. The molecule has 1 aliphatic rings. The first-order chi connectivity index (χ1) is 18.9. The van der Waals surface area contributed by atoms with Crippen LogP contribution in [0.5, 0.6) is 0 Å². The Labute approximate surface area is 239 Å². The molecule has 2 aromatic heterocycles. The smallest absolute Gasteiger partial charge is 0.354 e. The number of amidine groups is 1. The van der Waals surface area contributed by atoms with Crippen molar-refractivity contribution in [3.63, 3.8) is 0 Å². The zero-order valence-electron chi connectivity index (χ0n) is 22.5. The normalized spacial score (nSPS) is 16.4. The minimum absolute atomic E-state index is 0.140. The number of halogens is 4. The van der Waals surface area contributed by atoms with Gasteiger partial charge in [-0.05, 0) is 39.5 Å². The number of allylic oxidation sites excluding steroid dienone is 1. The summed E-state index contributed by atoms with van der Waals surface area (Å²) in [6.45, 7) is 8.82. The van der Waals surface area contributed by atoms with Gasteiger partial charge in [-0.3, -0.25) is 9.59 Å². The molecule has 0 spiro atoms. The highest BCUT2D eigenvalue weighted by Gasteiger charge is 2.34. The molecule has 216 valence electrons. The van der Waals surface area contributed by atoms with Crippen molar-refractivity contribution in [2.75, 3.05) is 38.5 Å². The van der Waals surface area contributed by atoms with E-state index in [1.165, 1.54) is 6.20 Å². The van der Waals surface area contributed by atoms with Crippen molar-refractivity contribution in [1.82, 2.24) is 25.1 Å². The van der Waals surface area contributed by atoms with Crippen molar-refractivity contribution in [2.24, 2.45) is 4.99 Å². The number of nitrogens with one attached hydrogen (secondary N) is 2. The summed E-state index contributed by atoms with van der Waals surface area (Å²) < 4.78 is 39.3. The number of rotatable bonds is 8. The van der Waals surface area contributed by atoms with Gasteiger partial charge in [0, 0.05) is 44.1 Å². The van der Waals surface area contributed by atoms with Crippen molar-refractivity contribution in [3.8, 4) is 0 Å². The lowest BCUT2D eigenvalue weighted by Crippen LogP contribution is -2.46. The van der Waals surface area contributed by atoms with Crippen LogP contribution in [0, 0.1) is 0 Å². The second-order valence-electron chi connectivity index (χ2n) is 9.16. The number of likely N-dealkylation sites (N-methyl/N-ethyl adjacent to an activating group) is 1.